The molecule has 4 nitrogen and oxygen atoms in total. The number of rotatable bonds is 3. The van der Waals surface area contributed by atoms with E-state index >= 15 is 0 Å². The van der Waals surface area contributed by atoms with Gasteiger partial charge in [-0.3, -0.25) is 5.84 Å². The summed E-state index contributed by atoms with van der Waals surface area (Å²) in [4.78, 5) is 0. The number of nitrogen functional groups attached to an aromatic ring is 1. The Labute approximate surface area is 99.4 Å². The van der Waals surface area contributed by atoms with Crippen LogP contribution < -0.4 is 17.0 Å². The molecular weight excluding hydrogens is 221 g/mol. The molecule has 1 aliphatic heterocycles. The number of nitrogens with one attached hydrogen (secondary N) is 1. The van der Waals surface area contributed by atoms with Crippen molar-refractivity contribution in [2.24, 2.45) is 5.84 Å². The zero-order valence-corrected chi connectivity index (χ0v) is 9.45. The van der Waals surface area contributed by atoms with Gasteiger partial charge >= 0.3 is 0 Å². The number of ether oxygens (including phenoxy) is 1. The standard InChI is InChI=1S/C12H16FN3O/c13-9-3-4-11(14)10(6-9)12(16-15)8-2-1-5-17-7-8/h3-4,6-7,12,16H,1-2,5,14-15H2. The lowest BCUT2D eigenvalue weighted by Crippen LogP contribution is -2.31. The number of halogens is 1. The third kappa shape index (κ3) is 2.57. The van der Waals surface area contributed by atoms with Gasteiger partial charge in [0.1, 0.15) is 5.82 Å². The number of nitrogens with two attached hydrogens (primary N) is 2. The quantitative estimate of drug-likeness (QED) is 0.424. The molecule has 0 aliphatic carbocycles. The molecule has 1 aliphatic rings. The van der Waals surface area contributed by atoms with Crippen molar-refractivity contribution in [2.45, 2.75) is 18.9 Å². The molecule has 2 rings (SSSR count). The van der Waals surface area contributed by atoms with Crippen molar-refractivity contribution < 1.29 is 9.13 Å². The van der Waals surface area contributed by atoms with E-state index in [2.05, 4.69) is 5.43 Å². The molecular formula is C12H16FN3O. The van der Waals surface area contributed by atoms with E-state index in [9.17, 15) is 4.39 Å². The predicted molar refractivity (Wildman–Crippen MR) is 64.1 cm³/mol. The first-order valence-electron chi connectivity index (χ1n) is 5.54. The summed E-state index contributed by atoms with van der Waals surface area (Å²) in [7, 11) is 0. The minimum absolute atomic E-state index is 0.300. The fourth-order valence-corrected chi connectivity index (χ4v) is 1.99. The average molecular weight is 237 g/mol. The van der Waals surface area contributed by atoms with Gasteiger partial charge in [0, 0.05) is 11.3 Å². The summed E-state index contributed by atoms with van der Waals surface area (Å²) in [6.45, 7) is 0.708. The lowest BCUT2D eigenvalue weighted by molar-refractivity contribution is 0.219. The lowest BCUT2D eigenvalue weighted by Gasteiger charge is -2.24. The summed E-state index contributed by atoms with van der Waals surface area (Å²) in [5.74, 6) is 5.20. The highest BCUT2D eigenvalue weighted by Crippen LogP contribution is 2.30. The van der Waals surface area contributed by atoms with Gasteiger partial charge < -0.3 is 10.5 Å². The Kier molecular flexibility index (Phi) is 3.61. The van der Waals surface area contributed by atoms with Crippen molar-refractivity contribution in [3.63, 3.8) is 0 Å². The number of anilines is 1. The summed E-state index contributed by atoms with van der Waals surface area (Å²) in [6.07, 6.45) is 3.47. The molecule has 0 fully saturated rings. The van der Waals surface area contributed by atoms with Crippen molar-refractivity contribution >= 4 is 5.69 Å². The molecule has 0 radical (unpaired) electrons. The normalized spacial score (nSPS) is 17.2. The van der Waals surface area contributed by atoms with Gasteiger partial charge in [0.15, 0.2) is 0 Å². The summed E-state index contributed by atoms with van der Waals surface area (Å²) in [6, 6.07) is 3.97. The van der Waals surface area contributed by atoms with Gasteiger partial charge in [-0.1, -0.05) is 0 Å². The second kappa shape index (κ2) is 5.16. The predicted octanol–water partition coefficient (Wildman–Crippen LogP) is 1.61. The van der Waals surface area contributed by atoms with E-state index < -0.39 is 0 Å². The van der Waals surface area contributed by atoms with Crippen LogP contribution in [0.4, 0.5) is 10.1 Å². The molecule has 0 spiro atoms. The maximum atomic E-state index is 13.2. The Morgan fingerprint density at radius 1 is 1.41 bits per heavy atom. The second-order valence-electron chi connectivity index (χ2n) is 4.04. The van der Waals surface area contributed by atoms with E-state index in [1.165, 1.54) is 12.1 Å². The Bertz CT molecular complexity index is 434. The van der Waals surface area contributed by atoms with E-state index in [-0.39, 0.29) is 11.9 Å². The summed E-state index contributed by atoms with van der Waals surface area (Å²) >= 11 is 0. The van der Waals surface area contributed by atoms with Crippen LogP contribution in [0.2, 0.25) is 0 Å². The highest BCUT2D eigenvalue weighted by Gasteiger charge is 2.20. The van der Waals surface area contributed by atoms with Crippen LogP contribution in [-0.4, -0.2) is 6.61 Å². The van der Waals surface area contributed by atoms with E-state index in [0.717, 1.165) is 18.4 Å². The topological polar surface area (TPSA) is 73.3 Å². The first kappa shape index (κ1) is 11.9. The van der Waals surface area contributed by atoms with Crippen LogP contribution in [0.3, 0.4) is 0 Å². The third-order valence-electron chi connectivity index (χ3n) is 2.86. The monoisotopic (exact) mass is 237 g/mol. The van der Waals surface area contributed by atoms with Crippen molar-refractivity contribution in [1.29, 1.82) is 0 Å². The van der Waals surface area contributed by atoms with Crippen molar-refractivity contribution in [3.05, 3.63) is 41.4 Å². The van der Waals surface area contributed by atoms with E-state index in [0.29, 0.717) is 17.9 Å². The summed E-state index contributed by atoms with van der Waals surface area (Å²) in [5.41, 5.74) is 10.6. The molecule has 5 heteroatoms. The Balaban J connectivity index is 2.34. The van der Waals surface area contributed by atoms with Crippen LogP contribution in [0.15, 0.2) is 30.0 Å². The highest BCUT2D eigenvalue weighted by molar-refractivity contribution is 5.50. The molecule has 0 saturated heterocycles. The van der Waals surface area contributed by atoms with Crippen molar-refractivity contribution in [1.82, 2.24) is 5.43 Å². The largest absolute Gasteiger partial charge is 0.501 e. The minimum Gasteiger partial charge on any atom is -0.501 e. The summed E-state index contributed by atoms with van der Waals surface area (Å²) < 4.78 is 18.5. The number of hydrogen-bond donors (Lipinski definition) is 3. The molecule has 0 bridgehead atoms. The molecule has 1 heterocycles. The van der Waals surface area contributed by atoms with Gasteiger partial charge in [0.2, 0.25) is 0 Å². The first-order valence-corrected chi connectivity index (χ1v) is 5.54. The SMILES string of the molecule is NNC(C1=COCCC1)c1cc(F)ccc1N. The molecule has 0 saturated carbocycles. The van der Waals surface area contributed by atoms with Crippen molar-refractivity contribution in [3.8, 4) is 0 Å². The molecule has 0 amide bonds. The van der Waals surface area contributed by atoms with E-state index in [1.54, 1.807) is 12.3 Å². The minimum atomic E-state index is -0.327. The van der Waals surface area contributed by atoms with Crippen LogP contribution >= 0.6 is 0 Å². The second-order valence-corrected chi connectivity index (χ2v) is 4.04. The summed E-state index contributed by atoms with van der Waals surface area (Å²) in [5, 5.41) is 0. The molecule has 1 aromatic rings. The fourth-order valence-electron chi connectivity index (χ4n) is 1.99. The van der Waals surface area contributed by atoms with Crippen LogP contribution in [0, 0.1) is 5.82 Å². The Hall–Kier alpha value is -1.59. The maximum absolute atomic E-state index is 13.2. The molecule has 5 N–H and O–H groups in total. The molecule has 1 atom stereocenters. The molecule has 92 valence electrons. The van der Waals surface area contributed by atoms with Gasteiger partial charge in [0.05, 0.1) is 18.9 Å². The number of hydrogen-bond acceptors (Lipinski definition) is 4. The molecule has 0 aromatic heterocycles. The zero-order chi connectivity index (χ0) is 12.3. The first-order chi connectivity index (χ1) is 8.22. The third-order valence-corrected chi connectivity index (χ3v) is 2.86. The fraction of sp³-hybridized carbons (Fsp3) is 0.333. The van der Waals surface area contributed by atoms with Gasteiger partial charge in [-0.2, -0.15) is 0 Å². The van der Waals surface area contributed by atoms with Crippen LogP contribution in [0.25, 0.3) is 0 Å². The van der Waals surface area contributed by atoms with Crippen molar-refractivity contribution in [2.75, 3.05) is 12.3 Å². The number of hydrazine groups is 1. The van der Waals surface area contributed by atoms with Gasteiger partial charge in [-0.15, -0.1) is 0 Å². The molecule has 1 aromatic carbocycles. The van der Waals surface area contributed by atoms with Crippen LogP contribution in [-0.2, 0) is 4.74 Å². The number of benzene rings is 1. The van der Waals surface area contributed by atoms with Crippen LogP contribution in [0.5, 0.6) is 0 Å². The van der Waals surface area contributed by atoms with E-state index in [4.69, 9.17) is 16.3 Å². The van der Waals surface area contributed by atoms with Gasteiger partial charge in [-0.05, 0) is 36.6 Å². The maximum Gasteiger partial charge on any atom is 0.123 e. The smallest absolute Gasteiger partial charge is 0.123 e. The van der Waals surface area contributed by atoms with Gasteiger partial charge in [-0.25, -0.2) is 9.82 Å². The highest BCUT2D eigenvalue weighted by atomic mass is 19.1. The lowest BCUT2D eigenvalue weighted by atomic mass is 9.94. The Morgan fingerprint density at radius 2 is 2.24 bits per heavy atom. The van der Waals surface area contributed by atoms with Gasteiger partial charge in [0.25, 0.3) is 0 Å². The average Bonchev–Trinajstić information content (AvgIpc) is 2.36. The van der Waals surface area contributed by atoms with Crippen LogP contribution in [0.1, 0.15) is 24.4 Å². The Morgan fingerprint density at radius 3 is 2.88 bits per heavy atom. The van der Waals surface area contributed by atoms with E-state index in [1.807, 2.05) is 0 Å². The molecule has 1 unspecified atom stereocenters. The zero-order valence-electron chi connectivity index (χ0n) is 9.45. The molecule has 17 heavy (non-hydrogen) atoms.